The second-order valence-corrected chi connectivity index (χ2v) is 9.87. The van der Waals surface area contributed by atoms with E-state index in [4.69, 9.17) is 46.4 Å². The fourth-order valence-electron chi connectivity index (χ4n) is 2.37. The lowest BCUT2D eigenvalue weighted by molar-refractivity contribution is 0.476. The number of rotatable bonds is 4. The van der Waals surface area contributed by atoms with E-state index in [9.17, 15) is 13.5 Å². The molecule has 0 fully saturated rings. The van der Waals surface area contributed by atoms with Crippen molar-refractivity contribution in [1.82, 2.24) is 0 Å². The van der Waals surface area contributed by atoms with Crippen molar-refractivity contribution in [2.45, 2.75) is 4.90 Å². The molecule has 11 heteroatoms. The van der Waals surface area contributed by atoms with Crippen molar-refractivity contribution in [3.05, 3.63) is 84.7 Å². The van der Waals surface area contributed by atoms with Crippen LogP contribution in [0.2, 0.25) is 20.1 Å². The fraction of sp³-hybridized carbons (Fsp3) is 0. The molecule has 0 heterocycles. The van der Waals surface area contributed by atoms with E-state index in [2.05, 4.69) is 25.6 Å². The van der Waals surface area contributed by atoms with E-state index in [1.807, 2.05) is 0 Å². The SMILES string of the molecule is O=S(=O)(/N=C(\Nc1c(Cl)c(Cl)c(O)c(Cl)c1Cl)c1ccccc1)c1ccc(Br)cc1. The Bertz CT molecular complexity index is 1210. The van der Waals surface area contributed by atoms with Crippen molar-refractivity contribution in [3.8, 4) is 5.75 Å². The first-order valence-electron chi connectivity index (χ1n) is 8.09. The van der Waals surface area contributed by atoms with Gasteiger partial charge in [-0.25, -0.2) is 0 Å². The first kappa shape index (κ1) is 23.2. The lowest BCUT2D eigenvalue weighted by Crippen LogP contribution is -2.17. The number of hydrogen-bond donors (Lipinski definition) is 2. The van der Waals surface area contributed by atoms with Gasteiger partial charge in [0.25, 0.3) is 10.0 Å². The summed E-state index contributed by atoms with van der Waals surface area (Å²) in [7, 11) is -4.10. The minimum absolute atomic E-state index is 0.000238. The van der Waals surface area contributed by atoms with Gasteiger partial charge in [0.1, 0.15) is 10.0 Å². The summed E-state index contributed by atoms with van der Waals surface area (Å²) in [5.41, 5.74) is 0.436. The molecule has 3 rings (SSSR count). The van der Waals surface area contributed by atoms with Crippen LogP contribution in [0.25, 0.3) is 0 Å². The van der Waals surface area contributed by atoms with Gasteiger partial charge in [-0.1, -0.05) is 92.7 Å². The van der Waals surface area contributed by atoms with E-state index in [-0.39, 0.29) is 36.5 Å². The Labute approximate surface area is 201 Å². The van der Waals surface area contributed by atoms with Crippen LogP contribution in [0, 0.1) is 0 Å². The van der Waals surface area contributed by atoms with Crippen molar-refractivity contribution in [3.63, 3.8) is 0 Å². The van der Waals surface area contributed by atoms with Crippen LogP contribution in [0.1, 0.15) is 5.56 Å². The maximum Gasteiger partial charge on any atom is 0.284 e. The molecule has 0 bridgehead atoms. The zero-order valence-electron chi connectivity index (χ0n) is 14.7. The summed E-state index contributed by atoms with van der Waals surface area (Å²) in [5.74, 6) is -0.556. The minimum atomic E-state index is -4.10. The Morgan fingerprint density at radius 1 is 0.867 bits per heavy atom. The molecule has 0 spiro atoms. The largest absolute Gasteiger partial charge is 0.505 e. The molecule has 3 aromatic rings. The molecule has 2 N–H and O–H groups in total. The summed E-state index contributed by atoms with van der Waals surface area (Å²) >= 11 is 27.7. The molecule has 30 heavy (non-hydrogen) atoms. The predicted molar refractivity (Wildman–Crippen MR) is 126 cm³/mol. The van der Waals surface area contributed by atoms with Crippen LogP contribution in [0.3, 0.4) is 0 Å². The predicted octanol–water partition coefficient (Wildman–Crippen LogP) is 7.02. The van der Waals surface area contributed by atoms with Gasteiger partial charge >= 0.3 is 0 Å². The quantitative estimate of drug-likeness (QED) is 0.153. The van der Waals surface area contributed by atoms with E-state index in [0.29, 0.717) is 5.56 Å². The summed E-state index contributed by atoms with van der Waals surface area (Å²) in [6, 6.07) is 14.5. The van der Waals surface area contributed by atoms with Gasteiger partial charge in [-0.05, 0) is 24.3 Å². The number of aromatic hydroxyl groups is 1. The van der Waals surface area contributed by atoms with Crippen LogP contribution in [0.5, 0.6) is 5.75 Å². The molecule has 0 radical (unpaired) electrons. The number of phenols is 1. The summed E-state index contributed by atoms with van der Waals surface area (Å²) in [4.78, 5) is -0.0140. The lowest BCUT2D eigenvalue weighted by Gasteiger charge is -2.16. The molecule has 0 aliphatic carbocycles. The number of amidine groups is 1. The molecule has 0 amide bonds. The topological polar surface area (TPSA) is 78.8 Å². The number of nitrogens with one attached hydrogen (secondary N) is 1. The van der Waals surface area contributed by atoms with Crippen molar-refractivity contribution in [2.24, 2.45) is 4.40 Å². The normalized spacial score (nSPS) is 12.1. The van der Waals surface area contributed by atoms with Gasteiger partial charge in [0.05, 0.1) is 20.6 Å². The monoisotopic (exact) mass is 566 g/mol. The standard InChI is InChI=1S/C19H11BrCl4N2O3S/c20-11-6-8-12(9-7-11)30(28,29)26-19(10-4-2-1-3-5-10)25-17-13(21)15(23)18(27)16(24)14(17)22/h1-9,27H,(H,25,26). The molecule has 0 atom stereocenters. The minimum Gasteiger partial charge on any atom is -0.505 e. The molecular weight excluding hydrogens is 558 g/mol. The molecule has 0 unspecified atom stereocenters. The third kappa shape index (κ3) is 4.88. The Hall–Kier alpha value is -1.48. The molecular formula is C19H11BrCl4N2O3S. The van der Waals surface area contributed by atoms with Gasteiger partial charge in [-0.15, -0.1) is 4.40 Å². The Morgan fingerprint density at radius 3 is 1.93 bits per heavy atom. The first-order chi connectivity index (χ1) is 14.1. The molecule has 0 saturated heterocycles. The molecule has 0 aliphatic rings. The Kier molecular flexibility index (Phi) is 7.22. The fourth-order valence-corrected chi connectivity index (χ4v) is 4.55. The highest BCUT2D eigenvalue weighted by molar-refractivity contribution is 9.10. The molecule has 156 valence electrons. The summed E-state index contributed by atoms with van der Waals surface area (Å²) < 4.78 is 30.4. The second-order valence-electron chi connectivity index (χ2n) is 5.84. The molecule has 0 aromatic heterocycles. The zero-order chi connectivity index (χ0) is 22.1. The van der Waals surface area contributed by atoms with Crippen molar-refractivity contribution < 1.29 is 13.5 Å². The third-order valence-corrected chi connectivity index (χ3v) is 7.36. The first-order valence-corrected chi connectivity index (χ1v) is 11.8. The lowest BCUT2D eigenvalue weighted by atomic mass is 10.2. The van der Waals surface area contributed by atoms with Gasteiger partial charge in [0.2, 0.25) is 0 Å². The van der Waals surface area contributed by atoms with Gasteiger partial charge in [-0.2, -0.15) is 8.42 Å². The average molecular weight is 569 g/mol. The maximum absolute atomic E-state index is 12.9. The van der Waals surface area contributed by atoms with E-state index in [0.717, 1.165) is 4.47 Å². The highest BCUT2D eigenvalue weighted by Crippen LogP contribution is 2.48. The van der Waals surface area contributed by atoms with Crippen molar-refractivity contribution in [2.75, 3.05) is 5.32 Å². The van der Waals surface area contributed by atoms with Gasteiger partial charge < -0.3 is 10.4 Å². The van der Waals surface area contributed by atoms with Crippen LogP contribution in [0.4, 0.5) is 5.69 Å². The van der Waals surface area contributed by atoms with E-state index < -0.39 is 15.8 Å². The summed E-state index contributed by atoms with van der Waals surface area (Å²) in [6.45, 7) is 0. The van der Waals surface area contributed by atoms with Crippen molar-refractivity contribution >= 4 is 83.9 Å². The number of phenolic OH excluding ortho intramolecular Hbond substituents is 1. The summed E-state index contributed by atoms with van der Waals surface area (Å²) in [5, 5.41) is 11.9. The highest BCUT2D eigenvalue weighted by atomic mass is 79.9. The highest BCUT2D eigenvalue weighted by Gasteiger charge is 2.23. The number of nitrogens with zero attached hydrogens (tertiary/aromatic N) is 1. The summed E-state index contributed by atoms with van der Waals surface area (Å²) in [6.07, 6.45) is 0. The zero-order valence-corrected chi connectivity index (χ0v) is 20.1. The van der Waals surface area contributed by atoms with E-state index in [1.54, 1.807) is 42.5 Å². The Morgan fingerprint density at radius 2 is 1.40 bits per heavy atom. The smallest absolute Gasteiger partial charge is 0.284 e. The third-order valence-electron chi connectivity index (χ3n) is 3.85. The molecule has 0 aliphatic heterocycles. The van der Waals surface area contributed by atoms with Crippen LogP contribution < -0.4 is 5.32 Å². The van der Waals surface area contributed by atoms with E-state index >= 15 is 0 Å². The number of halogens is 5. The molecule has 3 aromatic carbocycles. The van der Waals surface area contributed by atoms with Crippen LogP contribution in [-0.4, -0.2) is 19.4 Å². The van der Waals surface area contributed by atoms with E-state index in [1.165, 1.54) is 12.1 Å². The molecule has 5 nitrogen and oxygen atoms in total. The Balaban J connectivity index is 2.17. The van der Waals surface area contributed by atoms with Crippen LogP contribution in [0.15, 0.2) is 68.4 Å². The molecule has 0 saturated carbocycles. The second kappa shape index (κ2) is 9.34. The van der Waals surface area contributed by atoms with Crippen LogP contribution >= 0.6 is 62.3 Å². The van der Waals surface area contributed by atoms with Gasteiger partial charge in [0, 0.05) is 10.0 Å². The maximum atomic E-state index is 12.9. The van der Waals surface area contributed by atoms with Crippen molar-refractivity contribution in [1.29, 1.82) is 0 Å². The average Bonchev–Trinajstić information content (AvgIpc) is 2.74. The number of benzene rings is 3. The van der Waals surface area contributed by atoms with Gasteiger partial charge in [0.15, 0.2) is 11.6 Å². The number of hydrogen-bond acceptors (Lipinski definition) is 3. The number of sulfonamides is 1. The van der Waals surface area contributed by atoms with Crippen LogP contribution in [-0.2, 0) is 10.0 Å². The number of anilines is 1. The van der Waals surface area contributed by atoms with Gasteiger partial charge in [-0.3, -0.25) is 0 Å².